The van der Waals surface area contributed by atoms with Gasteiger partial charge in [0.15, 0.2) is 0 Å². The SMILES string of the molecule is COc1ccc(Cl)cc1NC(=O)C1CCN(CC(=O)Nc2ccc(C)cc2)CC1. The van der Waals surface area contributed by atoms with Crippen LogP contribution in [0.25, 0.3) is 0 Å². The summed E-state index contributed by atoms with van der Waals surface area (Å²) in [6.45, 7) is 3.73. The average molecular weight is 416 g/mol. The molecule has 0 saturated carbocycles. The summed E-state index contributed by atoms with van der Waals surface area (Å²) in [6.07, 6.45) is 1.40. The van der Waals surface area contributed by atoms with E-state index in [0.717, 1.165) is 11.3 Å². The number of aryl methyl sites for hydroxylation is 1. The Hall–Kier alpha value is -2.57. The number of carbonyl (C=O) groups excluding carboxylic acids is 2. The number of hydrogen-bond acceptors (Lipinski definition) is 4. The van der Waals surface area contributed by atoms with Gasteiger partial charge in [-0.3, -0.25) is 14.5 Å². The number of halogens is 1. The van der Waals surface area contributed by atoms with Crippen molar-refractivity contribution in [2.45, 2.75) is 19.8 Å². The van der Waals surface area contributed by atoms with E-state index < -0.39 is 0 Å². The number of nitrogens with zero attached hydrogens (tertiary/aromatic N) is 1. The Morgan fingerprint density at radius 1 is 1.10 bits per heavy atom. The highest BCUT2D eigenvalue weighted by Crippen LogP contribution is 2.29. The first-order valence-electron chi connectivity index (χ1n) is 9.68. The Balaban J connectivity index is 1.47. The third-order valence-corrected chi connectivity index (χ3v) is 5.32. The molecule has 0 aliphatic carbocycles. The number of methoxy groups -OCH3 is 1. The van der Waals surface area contributed by atoms with Crippen molar-refractivity contribution in [1.29, 1.82) is 0 Å². The molecule has 2 aromatic rings. The lowest BCUT2D eigenvalue weighted by Gasteiger charge is -2.30. The number of anilines is 2. The molecule has 1 aliphatic rings. The van der Waals surface area contributed by atoms with Crippen LogP contribution in [0.3, 0.4) is 0 Å². The molecule has 2 N–H and O–H groups in total. The predicted octanol–water partition coefficient (Wildman–Crippen LogP) is 3.95. The van der Waals surface area contributed by atoms with Gasteiger partial charge in [-0.05, 0) is 63.2 Å². The van der Waals surface area contributed by atoms with E-state index in [0.29, 0.717) is 48.9 Å². The summed E-state index contributed by atoms with van der Waals surface area (Å²) >= 11 is 6.02. The van der Waals surface area contributed by atoms with Gasteiger partial charge in [0.05, 0.1) is 19.3 Å². The van der Waals surface area contributed by atoms with Crippen LogP contribution in [0.15, 0.2) is 42.5 Å². The van der Waals surface area contributed by atoms with Gasteiger partial charge in [-0.1, -0.05) is 29.3 Å². The average Bonchev–Trinajstić information content (AvgIpc) is 2.70. The van der Waals surface area contributed by atoms with Crippen molar-refractivity contribution >= 4 is 34.8 Å². The third-order valence-electron chi connectivity index (χ3n) is 5.08. The molecule has 1 heterocycles. The Labute approximate surface area is 176 Å². The zero-order valence-electron chi connectivity index (χ0n) is 16.7. The summed E-state index contributed by atoms with van der Waals surface area (Å²) in [5, 5.41) is 6.37. The van der Waals surface area contributed by atoms with E-state index in [9.17, 15) is 9.59 Å². The number of ether oxygens (including phenoxy) is 1. The molecular weight excluding hydrogens is 390 g/mol. The van der Waals surface area contributed by atoms with Crippen molar-refractivity contribution in [3.63, 3.8) is 0 Å². The summed E-state index contributed by atoms with van der Waals surface area (Å²) in [5.74, 6) is 0.387. The number of hydrogen-bond donors (Lipinski definition) is 2. The number of rotatable bonds is 6. The van der Waals surface area contributed by atoms with Gasteiger partial charge in [-0.25, -0.2) is 0 Å². The Morgan fingerprint density at radius 2 is 1.79 bits per heavy atom. The first-order chi connectivity index (χ1) is 13.9. The molecule has 3 rings (SSSR count). The highest BCUT2D eigenvalue weighted by Gasteiger charge is 2.26. The van der Waals surface area contributed by atoms with Crippen LogP contribution in [0.4, 0.5) is 11.4 Å². The normalized spacial score (nSPS) is 15.0. The molecule has 0 spiro atoms. The second kappa shape index (κ2) is 9.76. The minimum Gasteiger partial charge on any atom is -0.495 e. The molecule has 29 heavy (non-hydrogen) atoms. The lowest BCUT2D eigenvalue weighted by Crippen LogP contribution is -2.41. The van der Waals surface area contributed by atoms with Gasteiger partial charge in [-0.2, -0.15) is 0 Å². The molecule has 0 unspecified atom stereocenters. The standard InChI is InChI=1S/C22H26ClN3O3/c1-15-3-6-18(7-4-15)24-21(27)14-26-11-9-16(10-12-26)22(28)25-19-13-17(23)5-8-20(19)29-2/h3-8,13,16H,9-12,14H2,1-2H3,(H,24,27)(H,25,28). The van der Waals surface area contributed by atoms with Gasteiger partial charge in [-0.15, -0.1) is 0 Å². The molecule has 6 nitrogen and oxygen atoms in total. The van der Waals surface area contributed by atoms with Gasteiger partial charge in [0, 0.05) is 16.6 Å². The van der Waals surface area contributed by atoms with E-state index in [4.69, 9.17) is 16.3 Å². The van der Waals surface area contributed by atoms with Gasteiger partial charge >= 0.3 is 0 Å². The van der Waals surface area contributed by atoms with Gasteiger partial charge in [0.1, 0.15) is 5.75 Å². The fourth-order valence-electron chi connectivity index (χ4n) is 3.41. The number of amides is 2. The lowest BCUT2D eigenvalue weighted by molar-refractivity contribution is -0.121. The Bertz CT molecular complexity index is 862. The first-order valence-corrected chi connectivity index (χ1v) is 10.1. The fourth-order valence-corrected chi connectivity index (χ4v) is 3.58. The van der Waals surface area contributed by atoms with E-state index in [1.54, 1.807) is 25.3 Å². The van der Waals surface area contributed by atoms with Gasteiger partial charge < -0.3 is 15.4 Å². The topological polar surface area (TPSA) is 70.7 Å². The summed E-state index contributed by atoms with van der Waals surface area (Å²) in [4.78, 5) is 27.0. The van der Waals surface area contributed by atoms with E-state index in [1.165, 1.54) is 0 Å². The van der Waals surface area contributed by atoms with Crippen LogP contribution in [-0.4, -0.2) is 43.5 Å². The monoisotopic (exact) mass is 415 g/mol. The third kappa shape index (κ3) is 5.95. The van der Waals surface area contributed by atoms with Crippen LogP contribution in [0.5, 0.6) is 5.75 Å². The van der Waals surface area contributed by atoms with Crippen molar-refractivity contribution in [2.75, 3.05) is 37.4 Å². The molecule has 1 fully saturated rings. The lowest BCUT2D eigenvalue weighted by atomic mass is 9.95. The van der Waals surface area contributed by atoms with Crippen molar-refractivity contribution in [2.24, 2.45) is 5.92 Å². The molecule has 0 atom stereocenters. The minimum absolute atomic E-state index is 0.0413. The molecule has 0 aromatic heterocycles. The smallest absolute Gasteiger partial charge is 0.238 e. The van der Waals surface area contributed by atoms with Crippen LogP contribution in [-0.2, 0) is 9.59 Å². The van der Waals surface area contributed by atoms with Crippen molar-refractivity contribution in [3.8, 4) is 5.75 Å². The predicted molar refractivity (Wildman–Crippen MR) is 116 cm³/mol. The van der Waals surface area contributed by atoms with E-state index >= 15 is 0 Å². The second-order valence-corrected chi connectivity index (χ2v) is 7.73. The maximum absolute atomic E-state index is 12.6. The highest BCUT2D eigenvalue weighted by atomic mass is 35.5. The molecule has 154 valence electrons. The highest BCUT2D eigenvalue weighted by molar-refractivity contribution is 6.31. The Morgan fingerprint density at radius 3 is 2.45 bits per heavy atom. The summed E-state index contributed by atoms with van der Waals surface area (Å²) in [6, 6.07) is 12.9. The summed E-state index contributed by atoms with van der Waals surface area (Å²) in [7, 11) is 1.55. The van der Waals surface area contributed by atoms with Crippen LogP contribution >= 0.6 is 11.6 Å². The van der Waals surface area contributed by atoms with E-state index in [2.05, 4.69) is 15.5 Å². The van der Waals surface area contributed by atoms with E-state index in [1.807, 2.05) is 31.2 Å². The van der Waals surface area contributed by atoms with Gasteiger partial charge in [0.2, 0.25) is 11.8 Å². The summed E-state index contributed by atoms with van der Waals surface area (Å²) in [5.41, 5.74) is 2.52. The van der Waals surface area contributed by atoms with Crippen molar-refractivity contribution < 1.29 is 14.3 Å². The number of likely N-dealkylation sites (tertiary alicyclic amines) is 1. The van der Waals surface area contributed by atoms with E-state index in [-0.39, 0.29) is 17.7 Å². The maximum atomic E-state index is 12.6. The van der Waals surface area contributed by atoms with Crippen LogP contribution in [0, 0.1) is 12.8 Å². The van der Waals surface area contributed by atoms with Crippen molar-refractivity contribution in [3.05, 3.63) is 53.1 Å². The maximum Gasteiger partial charge on any atom is 0.238 e. The number of piperidine rings is 1. The Kier molecular flexibility index (Phi) is 7.12. The number of carbonyl (C=O) groups is 2. The van der Waals surface area contributed by atoms with Crippen LogP contribution < -0.4 is 15.4 Å². The molecule has 1 saturated heterocycles. The molecule has 7 heteroatoms. The number of nitrogens with one attached hydrogen (secondary N) is 2. The zero-order valence-corrected chi connectivity index (χ0v) is 17.5. The van der Waals surface area contributed by atoms with Gasteiger partial charge in [0.25, 0.3) is 0 Å². The minimum atomic E-state index is -0.102. The zero-order chi connectivity index (χ0) is 20.8. The molecule has 2 aromatic carbocycles. The van der Waals surface area contributed by atoms with Crippen molar-refractivity contribution in [1.82, 2.24) is 4.90 Å². The molecular formula is C22H26ClN3O3. The molecule has 0 bridgehead atoms. The largest absolute Gasteiger partial charge is 0.495 e. The first kappa shape index (κ1) is 21.1. The quantitative estimate of drug-likeness (QED) is 0.749. The molecule has 1 aliphatic heterocycles. The fraction of sp³-hybridized carbons (Fsp3) is 0.364. The van der Waals surface area contributed by atoms with Crippen LogP contribution in [0.1, 0.15) is 18.4 Å². The summed E-state index contributed by atoms with van der Waals surface area (Å²) < 4.78 is 5.28. The number of benzene rings is 2. The van der Waals surface area contributed by atoms with Crippen LogP contribution in [0.2, 0.25) is 5.02 Å². The molecule has 0 radical (unpaired) electrons. The second-order valence-electron chi connectivity index (χ2n) is 7.30. The molecule has 2 amide bonds.